The van der Waals surface area contributed by atoms with Crippen molar-refractivity contribution in [3.63, 3.8) is 0 Å². The molecule has 0 radical (unpaired) electrons. The van der Waals surface area contributed by atoms with E-state index in [9.17, 15) is 0 Å². The standard InChI is InChI=1S/C41H37ClO/c1-5-9-24(3)26-13-16-29-30-17-14-27(25(4)10-6-2)22-36(30)41(35(29)21-26)34-20-19-32-31-11-7-8-12-38(31)43-40(32)39(34)33-18-15-28(42)23-37(33)41/h7-8,11-25H,5-6,9-10H2,1-4H3. The van der Waals surface area contributed by atoms with Crippen molar-refractivity contribution in [2.24, 2.45) is 0 Å². The molecule has 2 aliphatic carbocycles. The summed E-state index contributed by atoms with van der Waals surface area (Å²) in [6.45, 7) is 9.31. The molecule has 214 valence electrons. The van der Waals surface area contributed by atoms with E-state index in [1.165, 1.54) is 86.7 Å². The van der Waals surface area contributed by atoms with Crippen molar-refractivity contribution >= 4 is 33.5 Å². The van der Waals surface area contributed by atoms with Crippen LogP contribution in [0.1, 0.15) is 98.6 Å². The lowest BCUT2D eigenvalue weighted by molar-refractivity contribution is 0.659. The third-order valence-electron chi connectivity index (χ3n) is 10.4. The highest BCUT2D eigenvalue weighted by atomic mass is 35.5. The lowest BCUT2D eigenvalue weighted by atomic mass is 9.69. The van der Waals surface area contributed by atoms with Crippen LogP contribution in [0.4, 0.5) is 0 Å². The van der Waals surface area contributed by atoms with Crippen molar-refractivity contribution in [2.75, 3.05) is 0 Å². The average Bonchev–Trinajstić information content (AvgIpc) is 3.64. The van der Waals surface area contributed by atoms with Gasteiger partial charge in [0.15, 0.2) is 0 Å². The third-order valence-corrected chi connectivity index (χ3v) is 10.6. The molecule has 0 amide bonds. The normalized spacial score (nSPS) is 17.7. The average molecular weight is 581 g/mol. The predicted molar refractivity (Wildman–Crippen MR) is 182 cm³/mol. The molecular weight excluding hydrogens is 544 g/mol. The summed E-state index contributed by atoms with van der Waals surface area (Å²) in [7, 11) is 0. The molecule has 2 aliphatic rings. The molecule has 1 nitrogen and oxygen atoms in total. The topological polar surface area (TPSA) is 13.1 Å². The maximum absolute atomic E-state index is 6.89. The fourth-order valence-electron chi connectivity index (χ4n) is 8.31. The zero-order valence-corrected chi connectivity index (χ0v) is 26.2. The summed E-state index contributed by atoms with van der Waals surface area (Å²) in [5.41, 5.74) is 14.7. The first-order valence-electron chi connectivity index (χ1n) is 16.0. The third kappa shape index (κ3) is 3.64. The van der Waals surface area contributed by atoms with Gasteiger partial charge in [0.05, 0.1) is 5.41 Å². The van der Waals surface area contributed by atoms with Gasteiger partial charge in [0.2, 0.25) is 0 Å². The van der Waals surface area contributed by atoms with E-state index in [-0.39, 0.29) is 0 Å². The van der Waals surface area contributed by atoms with Crippen LogP contribution in [-0.4, -0.2) is 0 Å². The lowest BCUT2D eigenvalue weighted by Crippen LogP contribution is -2.26. The van der Waals surface area contributed by atoms with E-state index in [2.05, 4.69) is 113 Å². The first kappa shape index (κ1) is 26.8. The Hall–Kier alpha value is -3.81. The Labute approximate surface area is 259 Å². The summed E-state index contributed by atoms with van der Waals surface area (Å²) in [6, 6.07) is 34.1. The van der Waals surface area contributed by atoms with Gasteiger partial charge in [0.25, 0.3) is 0 Å². The van der Waals surface area contributed by atoms with Crippen molar-refractivity contribution in [3.05, 3.63) is 129 Å². The smallest absolute Gasteiger partial charge is 0.143 e. The van der Waals surface area contributed by atoms with Crippen LogP contribution in [0.2, 0.25) is 5.02 Å². The highest BCUT2D eigenvalue weighted by Gasteiger charge is 2.53. The number of hydrogen-bond acceptors (Lipinski definition) is 1. The van der Waals surface area contributed by atoms with Crippen LogP contribution in [0.5, 0.6) is 0 Å². The molecule has 0 saturated heterocycles. The lowest BCUT2D eigenvalue weighted by Gasteiger charge is -2.31. The fraction of sp³-hybridized carbons (Fsp3) is 0.268. The predicted octanol–water partition coefficient (Wildman–Crippen LogP) is 12.4. The Morgan fingerprint density at radius 1 is 0.628 bits per heavy atom. The molecule has 5 aromatic carbocycles. The van der Waals surface area contributed by atoms with Gasteiger partial charge in [-0.2, -0.15) is 0 Å². The molecule has 0 N–H and O–H groups in total. The van der Waals surface area contributed by atoms with Gasteiger partial charge in [0, 0.05) is 21.4 Å². The van der Waals surface area contributed by atoms with Gasteiger partial charge in [-0.1, -0.05) is 125 Å². The minimum Gasteiger partial charge on any atom is -0.455 e. The highest BCUT2D eigenvalue weighted by molar-refractivity contribution is 6.31. The van der Waals surface area contributed by atoms with Crippen LogP contribution in [0.15, 0.2) is 95.4 Å². The van der Waals surface area contributed by atoms with Gasteiger partial charge >= 0.3 is 0 Å². The monoisotopic (exact) mass is 580 g/mol. The second kappa shape index (κ2) is 9.86. The van der Waals surface area contributed by atoms with Crippen LogP contribution in [0.3, 0.4) is 0 Å². The minimum atomic E-state index is -0.461. The molecule has 6 aromatic rings. The summed E-state index contributed by atoms with van der Waals surface area (Å²) in [5, 5.41) is 3.10. The Morgan fingerprint density at radius 2 is 1.23 bits per heavy atom. The molecule has 1 spiro atoms. The molecule has 1 heterocycles. The molecule has 0 aliphatic heterocycles. The SMILES string of the molecule is CCCC(C)c1ccc2c(c1)C1(c3cc(C(C)CCC)ccc3-2)c2cc(Cl)ccc2-c2c1ccc1c2oc2ccccc21. The zero-order valence-electron chi connectivity index (χ0n) is 25.4. The summed E-state index contributed by atoms with van der Waals surface area (Å²) in [4.78, 5) is 0. The van der Waals surface area contributed by atoms with Crippen molar-refractivity contribution < 1.29 is 4.42 Å². The van der Waals surface area contributed by atoms with E-state index in [0.29, 0.717) is 11.8 Å². The molecule has 1 aromatic heterocycles. The van der Waals surface area contributed by atoms with Crippen molar-refractivity contribution in [2.45, 2.75) is 70.6 Å². The van der Waals surface area contributed by atoms with Gasteiger partial charge in [-0.25, -0.2) is 0 Å². The molecule has 2 atom stereocenters. The van der Waals surface area contributed by atoms with E-state index < -0.39 is 5.41 Å². The Bertz CT molecular complexity index is 2000. The molecule has 8 rings (SSSR count). The van der Waals surface area contributed by atoms with E-state index in [4.69, 9.17) is 16.0 Å². The summed E-state index contributed by atoms with van der Waals surface area (Å²) in [6.07, 6.45) is 4.70. The largest absolute Gasteiger partial charge is 0.455 e. The maximum Gasteiger partial charge on any atom is 0.143 e. The van der Waals surface area contributed by atoms with E-state index in [0.717, 1.165) is 21.6 Å². The summed E-state index contributed by atoms with van der Waals surface area (Å²) in [5.74, 6) is 0.988. The van der Waals surface area contributed by atoms with Crippen molar-refractivity contribution in [1.82, 2.24) is 0 Å². The van der Waals surface area contributed by atoms with Crippen LogP contribution < -0.4 is 0 Å². The molecule has 0 saturated carbocycles. The van der Waals surface area contributed by atoms with E-state index >= 15 is 0 Å². The number of fused-ring (bicyclic) bond motifs is 14. The van der Waals surface area contributed by atoms with Crippen molar-refractivity contribution in [1.29, 1.82) is 0 Å². The van der Waals surface area contributed by atoms with Crippen LogP contribution in [0.25, 0.3) is 44.2 Å². The minimum absolute atomic E-state index is 0.461. The van der Waals surface area contributed by atoms with Gasteiger partial charge < -0.3 is 4.42 Å². The van der Waals surface area contributed by atoms with Crippen LogP contribution in [0, 0.1) is 0 Å². The van der Waals surface area contributed by atoms with Gasteiger partial charge in [-0.05, 0) is 92.9 Å². The maximum atomic E-state index is 6.89. The Kier molecular flexibility index (Phi) is 6.14. The Morgan fingerprint density at radius 3 is 1.88 bits per heavy atom. The molecule has 2 heteroatoms. The zero-order chi connectivity index (χ0) is 29.5. The van der Waals surface area contributed by atoms with E-state index in [1.54, 1.807) is 0 Å². The van der Waals surface area contributed by atoms with Gasteiger partial charge in [-0.15, -0.1) is 0 Å². The first-order valence-corrected chi connectivity index (χ1v) is 16.4. The first-order chi connectivity index (χ1) is 21.0. The Balaban J connectivity index is 1.52. The number of rotatable bonds is 6. The van der Waals surface area contributed by atoms with Crippen molar-refractivity contribution in [3.8, 4) is 22.3 Å². The molecule has 43 heavy (non-hydrogen) atoms. The number of furan rings is 1. The molecule has 0 bridgehead atoms. The summed E-state index contributed by atoms with van der Waals surface area (Å²) < 4.78 is 6.72. The molecule has 0 fully saturated rings. The number of halogens is 1. The number of para-hydroxylation sites is 1. The number of benzene rings is 5. The quantitative estimate of drug-likeness (QED) is 0.190. The summed E-state index contributed by atoms with van der Waals surface area (Å²) >= 11 is 6.89. The molecular formula is C41H37ClO. The highest BCUT2D eigenvalue weighted by Crippen LogP contribution is 2.65. The van der Waals surface area contributed by atoms with Gasteiger partial charge in [0.1, 0.15) is 11.2 Å². The van der Waals surface area contributed by atoms with Crippen LogP contribution >= 0.6 is 11.6 Å². The molecule has 2 unspecified atom stereocenters. The van der Waals surface area contributed by atoms with Gasteiger partial charge in [-0.3, -0.25) is 0 Å². The fourth-order valence-corrected chi connectivity index (χ4v) is 8.48. The number of hydrogen-bond donors (Lipinski definition) is 0. The van der Waals surface area contributed by atoms with Crippen LogP contribution in [-0.2, 0) is 5.41 Å². The second-order valence-electron chi connectivity index (χ2n) is 12.9. The second-order valence-corrected chi connectivity index (χ2v) is 13.3. The van der Waals surface area contributed by atoms with E-state index in [1.807, 2.05) is 6.07 Å².